The highest BCUT2D eigenvalue weighted by molar-refractivity contribution is 6.31. The number of halogens is 1. The first kappa shape index (κ1) is 21.7. The summed E-state index contributed by atoms with van der Waals surface area (Å²) in [6, 6.07) is 18.4. The van der Waals surface area contributed by atoms with Crippen molar-refractivity contribution in [2.75, 3.05) is 16.4 Å². The fourth-order valence-electron chi connectivity index (χ4n) is 4.15. The van der Waals surface area contributed by atoms with E-state index in [9.17, 15) is 4.79 Å². The minimum Gasteiger partial charge on any atom is -0.382 e. The first-order valence-electron chi connectivity index (χ1n) is 10.9. The summed E-state index contributed by atoms with van der Waals surface area (Å²) in [4.78, 5) is 21.9. The van der Waals surface area contributed by atoms with Crippen molar-refractivity contribution >= 4 is 51.1 Å². The van der Waals surface area contributed by atoms with E-state index >= 15 is 0 Å². The lowest BCUT2D eigenvalue weighted by molar-refractivity contribution is 0.262. The van der Waals surface area contributed by atoms with Gasteiger partial charge in [-0.15, -0.1) is 0 Å². The fourth-order valence-corrected chi connectivity index (χ4v) is 4.34. The van der Waals surface area contributed by atoms with Gasteiger partial charge in [-0.1, -0.05) is 61.8 Å². The van der Waals surface area contributed by atoms with Crippen molar-refractivity contribution in [1.29, 1.82) is 0 Å². The maximum absolute atomic E-state index is 12.7. The zero-order chi connectivity index (χ0) is 23.8. The predicted molar refractivity (Wildman–Crippen MR) is 139 cm³/mol. The Balaban J connectivity index is 1.59. The molecule has 2 heterocycles. The van der Waals surface area contributed by atoms with E-state index in [1.165, 1.54) is 0 Å². The first-order chi connectivity index (χ1) is 16.4. The van der Waals surface area contributed by atoms with E-state index in [1.54, 1.807) is 30.5 Å². The molecule has 0 saturated carbocycles. The fraction of sp³-hybridized carbons (Fsp3) is 0.115. The third-order valence-electron chi connectivity index (χ3n) is 5.64. The van der Waals surface area contributed by atoms with Crippen molar-refractivity contribution in [3.05, 3.63) is 83.9 Å². The van der Waals surface area contributed by atoms with E-state index in [0.29, 0.717) is 22.2 Å². The molecule has 8 heteroatoms. The predicted octanol–water partition coefficient (Wildman–Crippen LogP) is 6.55. The van der Waals surface area contributed by atoms with E-state index in [-0.39, 0.29) is 11.9 Å². The van der Waals surface area contributed by atoms with Gasteiger partial charge in [0.25, 0.3) is 0 Å². The van der Waals surface area contributed by atoms with Crippen LogP contribution in [0.4, 0.5) is 22.0 Å². The van der Waals surface area contributed by atoms with Crippen molar-refractivity contribution in [2.24, 2.45) is 0 Å². The van der Waals surface area contributed by atoms with Gasteiger partial charge >= 0.3 is 6.03 Å². The van der Waals surface area contributed by atoms with Gasteiger partial charge in [-0.2, -0.15) is 0 Å². The van der Waals surface area contributed by atoms with Gasteiger partial charge < -0.3 is 16.4 Å². The number of rotatable bonds is 4. The van der Waals surface area contributed by atoms with Crippen LogP contribution in [0.2, 0.25) is 5.02 Å². The van der Waals surface area contributed by atoms with Crippen molar-refractivity contribution in [2.45, 2.75) is 19.8 Å². The van der Waals surface area contributed by atoms with E-state index in [4.69, 9.17) is 22.3 Å². The molecule has 0 aliphatic heterocycles. The quantitative estimate of drug-likeness (QED) is 0.277. The molecule has 2 amide bonds. The first-order valence-corrected chi connectivity index (χ1v) is 11.3. The zero-order valence-corrected chi connectivity index (χ0v) is 19.5. The Hall–Kier alpha value is -4.10. The summed E-state index contributed by atoms with van der Waals surface area (Å²) in [5.74, 6) is 1.53. The van der Waals surface area contributed by atoms with Crippen LogP contribution >= 0.6 is 11.6 Å². The summed E-state index contributed by atoms with van der Waals surface area (Å²) in [6.45, 7) is 4.19. The van der Waals surface area contributed by atoms with Gasteiger partial charge in [-0.3, -0.25) is 4.40 Å². The van der Waals surface area contributed by atoms with Gasteiger partial charge in [0.05, 0.1) is 5.69 Å². The molecular weight excluding hydrogens is 448 g/mol. The number of amides is 2. The third kappa shape index (κ3) is 3.91. The number of nitrogens with zero attached hydrogens (tertiary/aromatic N) is 3. The number of hydrogen-bond donors (Lipinski definition) is 3. The van der Waals surface area contributed by atoms with Gasteiger partial charge in [0.2, 0.25) is 0 Å². The Bertz CT molecular complexity index is 1540. The summed E-state index contributed by atoms with van der Waals surface area (Å²) < 4.78 is 2.00. The van der Waals surface area contributed by atoms with Crippen LogP contribution in [0, 0.1) is 0 Å². The van der Waals surface area contributed by atoms with Gasteiger partial charge in [0.15, 0.2) is 0 Å². The van der Waals surface area contributed by atoms with Gasteiger partial charge in [-0.25, -0.2) is 14.8 Å². The standard InChI is InChI=1S/C26H23ClN6O/c1-15(2)25-32-22(23-24(28)29-12-13-33(23)25)20-10-11-21(19-9-4-3-8-18(19)20)31-26(34)30-17-7-5-6-16(27)14-17/h3-15H,1-2H3,(H2,28,29)(H2,30,31,34). The number of anilines is 3. The van der Waals surface area contributed by atoms with Gasteiger partial charge in [-0.05, 0) is 29.7 Å². The lowest BCUT2D eigenvalue weighted by atomic mass is 10.00. The molecule has 5 aromatic rings. The third-order valence-corrected chi connectivity index (χ3v) is 5.87. The average Bonchev–Trinajstić information content (AvgIpc) is 3.20. The normalized spacial score (nSPS) is 11.3. The lowest BCUT2D eigenvalue weighted by Crippen LogP contribution is -2.19. The molecule has 7 nitrogen and oxygen atoms in total. The second-order valence-electron chi connectivity index (χ2n) is 8.30. The summed E-state index contributed by atoms with van der Waals surface area (Å²) in [7, 11) is 0. The molecule has 0 aliphatic carbocycles. The van der Waals surface area contributed by atoms with Crippen molar-refractivity contribution < 1.29 is 4.79 Å². The number of fused-ring (bicyclic) bond motifs is 2. The number of carbonyl (C=O) groups excluding carboxylic acids is 1. The van der Waals surface area contributed by atoms with Crippen LogP contribution in [0.3, 0.4) is 0 Å². The SMILES string of the molecule is CC(C)c1nc(-c2ccc(NC(=O)Nc3cccc(Cl)c3)c3ccccc23)c2c(N)nccn12. The summed E-state index contributed by atoms with van der Waals surface area (Å²) >= 11 is 6.02. The number of carbonyl (C=O) groups is 1. The minimum absolute atomic E-state index is 0.199. The highest BCUT2D eigenvalue weighted by Gasteiger charge is 2.20. The molecule has 0 radical (unpaired) electrons. The van der Waals surface area contributed by atoms with Crippen LogP contribution in [0.5, 0.6) is 0 Å². The number of aromatic nitrogens is 3. The van der Waals surface area contributed by atoms with E-state index < -0.39 is 0 Å². The molecule has 0 aliphatic rings. The number of hydrogen-bond acceptors (Lipinski definition) is 4. The molecule has 3 aromatic carbocycles. The minimum atomic E-state index is -0.358. The van der Waals surface area contributed by atoms with Gasteiger partial charge in [0, 0.05) is 40.0 Å². The Kier molecular flexibility index (Phi) is 5.55. The van der Waals surface area contributed by atoms with E-state index in [1.807, 2.05) is 47.0 Å². The highest BCUT2D eigenvalue weighted by Crippen LogP contribution is 2.37. The van der Waals surface area contributed by atoms with E-state index in [2.05, 4.69) is 29.5 Å². The van der Waals surface area contributed by atoms with Crippen LogP contribution in [0.15, 0.2) is 73.1 Å². The van der Waals surface area contributed by atoms with Crippen LogP contribution in [0.1, 0.15) is 25.6 Å². The Labute approximate surface area is 201 Å². The number of nitrogens with two attached hydrogens (primary N) is 1. The number of nitrogen functional groups attached to an aromatic ring is 1. The second-order valence-corrected chi connectivity index (χ2v) is 8.74. The number of urea groups is 1. The Morgan fingerprint density at radius 1 is 1.03 bits per heavy atom. The molecule has 0 atom stereocenters. The smallest absolute Gasteiger partial charge is 0.323 e. The maximum Gasteiger partial charge on any atom is 0.323 e. The maximum atomic E-state index is 12.7. The molecule has 0 saturated heterocycles. The molecule has 2 aromatic heterocycles. The average molecular weight is 471 g/mol. The van der Waals surface area contributed by atoms with Crippen molar-refractivity contribution in [3.8, 4) is 11.3 Å². The molecule has 0 spiro atoms. The molecule has 5 rings (SSSR count). The van der Waals surface area contributed by atoms with Crippen molar-refractivity contribution in [3.63, 3.8) is 0 Å². The summed E-state index contributed by atoms with van der Waals surface area (Å²) in [5.41, 5.74) is 10.0. The molecule has 0 bridgehead atoms. The van der Waals surface area contributed by atoms with E-state index in [0.717, 1.165) is 33.4 Å². The Morgan fingerprint density at radius 2 is 1.82 bits per heavy atom. The molecule has 0 unspecified atom stereocenters. The highest BCUT2D eigenvalue weighted by atomic mass is 35.5. The lowest BCUT2D eigenvalue weighted by Gasteiger charge is -2.13. The molecule has 4 N–H and O–H groups in total. The monoisotopic (exact) mass is 470 g/mol. The number of imidazole rings is 1. The summed E-state index contributed by atoms with van der Waals surface area (Å²) in [6.07, 6.45) is 3.57. The molecular formula is C26H23ClN6O. The zero-order valence-electron chi connectivity index (χ0n) is 18.7. The van der Waals surface area contributed by atoms with Crippen LogP contribution < -0.4 is 16.4 Å². The topological polar surface area (TPSA) is 97.3 Å². The Morgan fingerprint density at radius 3 is 2.59 bits per heavy atom. The molecule has 34 heavy (non-hydrogen) atoms. The summed E-state index contributed by atoms with van der Waals surface area (Å²) in [5, 5.41) is 8.14. The number of nitrogens with one attached hydrogen (secondary N) is 2. The van der Waals surface area contributed by atoms with Crippen LogP contribution in [0.25, 0.3) is 27.5 Å². The second kappa shape index (κ2) is 8.68. The van der Waals surface area contributed by atoms with Gasteiger partial charge in [0.1, 0.15) is 22.9 Å². The van der Waals surface area contributed by atoms with Crippen LogP contribution in [-0.2, 0) is 0 Å². The largest absolute Gasteiger partial charge is 0.382 e. The molecule has 170 valence electrons. The van der Waals surface area contributed by atoms with Crippen molar-refractivity contribution in [1.82, 2.24) is 14.4 Å². The molecule has 0 fully saturated rings. The number of benzene rings is 3. The van der Waals surface area contributed by atoms with Crippen LogP contribution in [-0.4, -0.2) is 20.4 Å².